The first-order chi connectivity index (χ1) is 20.6. The molecule has 0 bridgehead atoms. The molecule has 0 fully saturated rings. The first kappa shape index (κ1) is 28.0. The summed E-state index contributed by atoms with van der Waals surface area (Å²) < 4.78 is 17.5. The minimum atomic E-state index is -0.217. The number of carbonyl (C=O) groups excluding carboxylic acids is 1. The van der Waals surface area contributed by atoms with Crippen LogP contribution in [0.4, 0.5) is 5.00 Å². The molecule has 214 valence electrons. The molecule has 0 saturated carbocycles. The second-order valence-corrected chi connectivity index (χ2v) is 12.1. The Morgan fingerprint density at radius 2 is 1.71 bits per heavy atom. The Morgan fingerprint density at radius 1 is 0.976 bits per heavy atom. The van der Waals surface area contributed by atoms with Gasteiger partial charge in [-0.25, -0.2) is 4.98 Å². The van der Waals surface area contributed by atoms with E-state index in [0.717, 1.165) is 57.4 Å². The van der Waals surface area contributed by atoms with Gasteiger partial charge in [0.25, 0.3) is 0 Å². The van der Waals surface area contributed by atoms with E-state index in [2.05, 4.69) is 40.5 Å². The summed E-state index contributed by atoms with van der Waals surface area (Å²) in [5.41, 5.74) is 5.36. The average Bonchev–Trinajstić information content (AvgIpc) is 3.60. The number of aromatic nitrogens is 1. The largest absolute Gasteiger partial charge is 0.493 e. The Balaban J connectivity index is 1.30. The van der Waals surface area contributed by atoms with E-state index < -0.39 is 0 Å². The molecule has 0 unspecified atom stereocenters. The van der Waals surface area contributed by atoms with E-state index in [0.29, 0.717) is 17.2 Å². The fraction of sp³-hybridized carbons (Fsp3) is 0.212. The van der Waals surface area contributed by atoms with Gasteiger partial charge in [0.05, 0.1) is 31.5 Å². The molecule has 1 aliphatic rings. The van der Waals surface area contributed by atoms with Crippen molar-refractivity contribution in [1.29, 1.82) is 0 Å². The van der Waals surface area contributed by atoms with Crippen LogP contribution in [0, 0.1) is 0 Å². The molecule has 0 atom stereocenters. The molecule has 0 radical (unpaired) electrons. The van der Waals surface area contributed by atoms with Crippen molar-refractivity contribution in [1.82, 2.24) is 9.88 Å². The van der Waals surface area contributed by atoms with E-state index in [1.807, 2.05) is 36.4 Å². The van der Waals surface area contributed by atoms with Crippen molar-refractivity contribution in [2.75, 3.05) is 33.2 Å². The zero-order valence-corrected chi connectivity index (χ0v) is 25.3. The topological polar surface area (TPSA) is 72.9 Å². The van der Waals surface area contributed by atoms with Crippen LogP contribution in [0.25, 0.3) is 26.9 Å². The summed E-state index contributed by atoms with van der Waals surface area (Å²) in [5, 5.41) is 4.95. The van der Waals surface area contributed by atoms with Crippen molar-refractivity contribution in [3.05, 3.63) is 94.4 Å². The number of anilines is 1. The minimum absolute atomic E-state index is 0.217. The molecule has 1 N–H and O–H groups in total. The Kier molecular flexibility index (Phi) is 8.23. The summed E-state index contributed by atoms with van der Waals surface area (Å²) in [5.74, 6) is 1.35. The molecule has 1 amide bonds. The zero-order valence-electron chi connectivity index (χ0n) is 23.7. The highest BCUT2D eigenvalue weighted by Crippen LogP contribution is 2.46. The molecule has 0 aliphatic carbocycles. The van der Waals surface area contributed by atoms with Gasteiger partial charge in [-0.2, -0.15) is 0 Å². The third kappa shape index (κ3) is 5.76. The van der Waals surface area contributed by atoms with Crippen LogP contribution >= 0.6 is 22.7 Å². The molecule has 2 aromatic heterocycles. The molecular formula is C33H31N3O4S2. The number of carbonyl (C=O) groups is 1. The Morgan fingerprint density at radius 3 is 2.43 bits per heavy atom. The van der Waals surface area contributed by atoms with Crippen molar-refractivity contribution >= 4 is 49.9 Å². The monoisotopic (exact) mass is 597 g/mol. The van der Waals surface area contributed by atoms with Gasteiger partial charge in [0, 0.05) is 36.2 Å². The van der Waals surface area contributed by atoms with Gasteiger partial charge in [0.1, 0.15) is 10.0 Å². The van der Waals surface area contributed by atoms with Crippen LogP contribution in [0.5, 0.6) is 17.2 Å². The highest BCUT2D eigenvalue weighted by atomic mass is 32.1. The third-order valence-electron chi connectivity index (χ3n) is 7.24. The Labute approximate surface area is 253 Å². The summed E-state index contributed by atoms with van der Waals surface area (Å²) in [6, 6.07) is 22.3. The molecular weight excluding hydrogens is 567 g/mol. The van der Waals surface area contributed by atoms with Gasteiger partial charge >= 0.3 is 0 Å². The lowest BCUT2D eigenvalue weighted by Gasteiger charge is -2.27. The number of amides is 1. The number of hydrogen-bond acceptors (Lipinski definition) is 8. The molecule has 3 aromatic carbocycles. The number of nitrogens with one attached hydrogen (secondary N) is 1. The summed E-state index contributed by atoms with van der Waals surface area (Å²) in [7, 11) is 4.70. The molecule has 3 heterocycles. The number of methoxy groups -OCH3 is 3. The molecule has 9 heteroatoms. The van der Waals surface area contributed by atoms with E-state index in [1.165, 1.54) is 22.1 Å². The second-order valence-electron chi connectivity index (χ2n) is 9.92. The maximum absolute atomic E-state index is 13.3. The number of para-hydroxylation sites is 1. The summed E-state index contributed by atoms with van der Waals surface area (Å²) in [4.78, 5) is 22.0. The summed E-state index contributed by atoms with van der Waals surface area (Å²) in [6.07, 6.45) is 4.18. The Bertz CT molecular complexity index is 1700. The van der Waals surface area contributed by atoms with E-state index in [1.54, 1.807) is 50.1 Å². The van der Waals surface area contributed by atoms with Crippen LogP contribution in [0.1, 0.15) is 21.6 Å². The second kappa shape index (κ2) is 12.4. The summed E-state index contributed by atoms with van der Waals surface area (Å²) >= 11 is 3.32. The predicted molar refractivity (Wildman–Crippen MR) is 171 cm³/mol. The lowest BCUT2D eigenvalue weighted by molar-refractivity contribution is -0.111. The zero-order chi connectivity index (χ0) is 29.1. The van der Waals surface area contributed by atoms with Crippen LogP contribution in [-0.4, -0.2) is 43.7 Å². The fourth-order valence-corrected chi connectivity index (χ4v) is 7.65. The van der Waals surface area contributed by atoms with Crippen molar-refractivity contribution in [2.45, 2.75) is 19.5 Å². The lowest BCUT2D eigenvalue weighted by Crippen LogP contribution is -2.29. The molecule has 7 nitrogen and oxygen atoms in total. The first-order valence-electron chi connectivity index (χ1n) is 13.6. The van der Waals surface area contributed by atoms with Crippen LogP contribution in [0.2, 0.25) is 0 Å². The van der Waals surface area contributed by atoms with Crippen molar-refractivity contribution in [2.24, 2.45) is 0 Å². The number of ether oxygens (including phenoxy) is 3. The maximum Gasteiger partial charge on any atom is 0.249 e. The van der Waals surface area contributed by atoms with Crippen molar-refractivity contribution in [3.63, 3.8) is 0 Å². The van der Waals surface area contributed by atoms with Gasteiger partial charge < -0.3 is 19.5 Å². The molecule has 6 rings (SSSR count). The highest BCUT2D eigenvalue weighted by molar-refractivity contribution is 7.23. The van der Waals surface area contributed by atoms with Crippen LogP contribution < -0.4 is 19.5 Å². The van der Waals surface area contributed by atoms with E-state index in [-0.39, 0.29) is 5.91 Å². The van der Waals surface area contributed by atoms with Crippen LogP contribution in [0.15, 0.2) is 72.8 Å². The van der Waals surface area contributed by atoms with Crippen LogP contribution in [-0.2, 0) is 24.3 Å². The van der Waals surface area contributed by atoms with Gasteiger partial charge in [-0.05, 0) is 53.5 Å². The molecule has 1 aliphatic heterocycles. The third-order valence-corrected chi connectivity index (χ3v) is 9.43. The molecule has 0 spiro atoms. The van der Waals surface area contributed by atoms with E-state index in [9.17, 15) is 4.79 Å². The lowest BCUT2D eigenvalue weighted by atomic mass is 10.0. The SMILES string of the molecule is COc1cc(/C=C/C(=O)Nc2sc3c(c2-c2nc4ccccc4s2)CCN(Cc2ccccc2)C3)cc(OC)c1OC. The molecule has 0 saturated heterocycles. The number of fused-ring (bicyclic) bond motifs is 2. The normalized spacial score (nSPS) is 13.3. The fourth-order valence-electron chi connectivity index (χ4n) is 5.25. The van der Waals surface area contributed by atoms with Gasteiger partial charge in [0.2, 0.25) is 11.7 Å². The number of hydrogen-bond donors (Lipinski definition) is 1. The maximum atomic E-state index is 13.3. The van der Waals surface area contributed by atoms with Crippen molar-refractivity contribution in [3.8, 4) is 27.8 Å². The van der Waals surface area contributed by atoms with E-state index >= 15 is 0 Å². The summed E-state index contributed by atoms with van der Waals surface area (Å²) in [6.45, 7) is 2.68. The number of thiazole rings is 1. The number of rotatable bonds is 9. The van der Waals surface area contributed by atoms with Crippen molar-refractivity contribution < 1.29 is 19.0 Å². The van der Waals surface area contributed by atoms with Gasteiger partial charge in [-0.1, -0.05) is 42.5 Å². The quantitative estimate of drug-likeness (QED) is 0.180. The average molecular weight is 598 g/mol. The predicted octanol–water partition coefficient (Wildman–Crippen LogP) is 7.26. The van der Waals surface area contributed by atoms with Gasteiger partial charge in [0.15, 0.2) is 11.5 Å². The highest BCUT2D eigenvalue weighted by Gasteiger charge is 2.27. The molecule has 42 heavy (non-hydrogen) atoms. The molecule has 5 aromatic rings. The van der Waals surface area contributed by atoms with Crippen LogP contribution in [0.3, 0.4) is 0 Å². The minimum Gasteiger partial charge on any atom is -0.493 e. The number of thiophene rings is 1. The Hall–Kier alpha value is -4.18. The first-order valence-corrected chi connectivity index (χ1v) is 15.3. The standard InChI is InChI=1S/C33H31N3O4S2/c1-38-25-17-22(18-26(39-2)31(25)40-3)13-14-29(37)35-33-30(32-34-24-11-7-8-12-27(24)41-32)23-15-16-36(20-28(23)42-33)19-21-9-5-4-6-10-21/h4-14,17-18H,15-16,19-20H2,1-3H3,(H,35,37)/b14-13+. The smallest absolute Gasteiger partial charge is 0.249 e. The van der Waals surface area contributed by atoms with Gasteiger partial charge in [-0.3, -0.25) is 9.69 Å². The van der Waals surface area contributed by atoms with Gasteiger partial charge in [-0.15, -0.1) is 22.7 Å². The number of benzene rings is 3. The number of nitrogens with zero attached hydrogens (tertiary/aromatic N) is 2. The van der Waals surface area contributed by atoms with E-state index in [4.69, 9.17) is 19.2 Å².